The molecule has 8 amide bonds. The summed E-state index contributed by atoms with van der Waals surface area (Å²) in [4.78, 5) is 104. The van der Waals surface area contributed by atoms with Gasteiger partial charge in [0, 0.05) is 54.0 Å². The predicted octanol–water partition coefficient (Wildman–Crippen LogP) is 4.14. The van der Waals surface area contributed by atoms with Crippen LogP contribution in [0.4, 0.5) is 22.7 Å². The van der Waals surface area contributed by atoms with Gasteiger partial charge in [0.15, 0.2) is 11.5 Å². The second-order valence-corrected chi connectivity index (χ2v) is 11.5. The Bertz CT molecular complexity index is 2440. The fraction of sp³-hybridized carbons (Fsp3) is 0. The van der Waals surface area contributed by atoms with Crippen LogP contribution in [0.3, 0.4) is 0 Å². The van der Waals surface area contributed by atoms with Gasteiger partial charge in [-0.05, 0) is 66.0 Å². The number of hydrogen-bond donors (Lipinski definition) is 0. The minimum absolute atomic E-state index is 0.00606. The highest BCUT2D eigenvalue weighted by Crippen LogP contribution is 2.42. The molecular formula is C38H20N4O10. The molecule has 0 N–H and O–H groups in total. The van der Waals surface area contributed by atoms with Crippen LogP contribution in [0.5, 0.6) is 23.0 Å². The summed E-state index contributed by atoms with van der Waals surface area (Å²) in [7, 11) is 0. The molecule has 0 aromatic heterocycles. The molecule has 0 unspecified atom stereocenters. The highest BCUT2D eigenvalue weighted by atomic mass is 16.5. The summed E-state index contributed by atoms with van der Waals surface area (Å²) in [6.45, 7) is 0. The molecule has 14 heteroatoms. The number of benzene rings is 4. The number of carbonyl (C=O) groups is 8. The molecule has 14 nitrogen and oxygen atoms in total. The van der Waals surface area contributed by atoms with Crippen molar-refractivity contribution < 1.29 is 47.8 Å². The molecule has 8 rings (SSSR count). The first-order valence-corrected chi connectivity index (χ1v) is 15.5. The number of imide groups is 4. The third-order valence-corrected chi connectivity index (χ3v) is 8.38. The molecule has 4 aromatic carbocycles. The van der Waals surface area contributed by atoms with Gasteiger partial charge >= 0.3 is 0 Å². The first kappa shape index (κ1) is 31.5. The van der Waals surface area contributed by atoms with E-state index in [1.165, 1.54) is 36.4 Å². The van der Waals surface area contributed by atoms with Gasteiger partial charge in [0.25, 0.3) is 47.3 Å². The lowest BCUT2D eigenvalue weighted by molar-refractivity contribution is -0.121. The number of fused-ring (bicyclic) bond motifs is 1. The molecule has 4 aromatic rings. The van der Waals surface area contributed by atoms with Crippen LogP contribution in [0.2, 0.25) is 0 Å². The second kappa shape index (κ2) is 12.0. The van der Waals surface area contributed by atoms with E-state index >= 15 is 0 Å². The molecule has 4 heterocycles. The van der Waals surface area contributed by atoms with E-state index in [9.17, 15) is 38.4 Å². The van der Waals surface area contributed by atoms with E-state index in [0.717, 1.165) is 68.2 Å². The lowest BCUT2D eigenvalue weighted by Crippen LogP contribution is -2.32. The third-order valence-electron chi connectivity index (χ3n) is 8.38. The molecule has 52 heavy (non-hydrogen) atoms. The summed E-state index contributed by atoms with van der Waals surface area (Å²) in [6.07, 6.45) is 8.84. The van der Waals surface area contributed by atoms with Gasteiger partial charge in [0.2, 0.25) is 0 Å². The van der Waals surface area contributed by atoms with Crippen LogP contribution >= 0.6 is 0 Å². The molecule has 4 aliphatic rings. The lowest BCUT2D eigenvalue weighted by atomic mass is 10.1. The molecular weight excluding hydrogens is 672 g/mol. The van der Waals surface area contributed by atoms with E-state index in [-0.39, 0.29) is 34.2 Å². The quantitative estimate of drug-likeness (QED) is 0.245. The smallest absolute Gasteiger partial charge is 0.258 e. The maximum atomic E-state index is 12.7. The van der Waals surface area contributed by atoms with Crippen molar-refractivity contribution in [2.45, 2.75) is 0 Å². The van der Waals surface area contributed by atoms with E-state index in [1.807, 2.05) is 0 Å². The number of hydrogen-bond acceptors (Lipinski definition) is 10. The van der Waals surface area contributed by atoms with Crippen molar-refractivity contribution in [1.29, 1.82) is 0 Å². The zero-order chi connectivity index (χ0) is 36.3. The number of amides is 8. The SMILES string of the molecule is O=C1C=CC(=O)N1c1ccc(Oc2ccc3c(Oc4ccc(N5C(=O)C=CC5=O)cc4N4C(=O)C=CC4=O)cccc3c2)c(N2C(=O)C=CC2=O)c1. The molecule has 0 fully saturated rings. The third kappa shape index (κ3) is 5.23. The van der Waals surface area contributed by atoms with Crippen molar-refractivity contribution in [3.8, 4) is 23.0 Å². The minimum Gasteiger partial charge on any atom is -0.455 e. The van der Waals surface area contributed by atoms with Crippen molar-refractivity contribution in [3.63, 3.8) is 0 Å². The lowest BCUT2D eigenvalue weighted by Gasteiger charge is -2.22. The average Bonchev–Trinajstić information content (AvgIpc) is 3.86. The Balaban J connectivity index is 1.13. The fourth-order valence-electron chi connectivity index (χ4n) is 6.03. The Hall–Kier alpha value is -7.74. The van der Waals surface area contributed by atoms with Crippen LogP contribution in [0.25, 0.3) is 10.8 Å². The average molecular weight is 693 g/mol. The van der Waals surface area contributed by atoms with E-state index in [0.29, 0.717) is 22.3 Å². The Morgan fingerprint density at radius 1 is 0.365 bits per heavy atom. The van der Waals surface area contributed by atoms with Crippen LogP contribution < -0.4 is 29.1 Å². The Morgan fingerprint density at radius 2 is 0.788 bits per heavy atom. The maximum Gasteiger partial charge on any atom is 0.258 e. The predicted molar refractivity (Wildman–Crippen MR) is 184 cm³/mol. The topological polar surface area (TPSA) is 168 Å². The number of anilines is 4. The van der Waals surface area contributed by atoms with Gasteiger partial charge in [0.1, 0.15) is 11.5 Å². The number of rotatable bonds is 8. The van der Waals surface area contributed by atoms with Gasteiger partial charge in [-0.1, -0.05) is 12.1 Å². The maximum absolute atomic E-state index is 12.7. The molecule has 0 aliphatic carbocycles. The zero-order valence-electron chi connectivity index (χ0n) is 26.4. The first-order chi connectivity index (χ1) is 25.1. The van der Waals surface area contributed by atoms with Crippen molar-refractivity contribution in [3.05, 3.63) is 121 Å². The molecule has 0 spiro atoms. The number of ether oxygens (including phenoxy) is 2. The van der Waals surface area contributed by atoms with Crippen LogP contribution in [0.1, 0.15) is 0 Å². The minimum atomic E-state index is -0.639. The van der Waals surface area contributed by atoms with Gasteiger partial charge in [-0.25, -0.2) is 19.6 Å². The standard InChI is InChI=1S/C38H20N4O10/c43-31-10-11-32(44)39(31)22-4-8-29(26(19-22)41-35(47)14-15-36(41)48)51-24-6-7-25-21(18-24)2-1-3-28(25)52-30-9-5-23(40-33(45)12-13-34(40)46)20-27(30)42-37(49)16-17-38(42)50/h1-20H. The van der Waals surface area contributed by atoms with E-state index in [1.54, 1.807) is 36.4 Å². The van der Waals surface area contributed by atoms with Crippen molar-refractivity contribution in [2.24, 2.45) is 0 Å². The molecule has 0 atom stereocenters. The molecule has 252 valence electrons. The van der Waals surface area contributed by atoms with Gasteiger partial charge in [-0.15, -0.1) is 0 Å². The van der Waals surface area contributed by atoms with Crippen LogP contribution in [0, 0.1) is 0 Å². The van der Waals surface area contributed by atoms with Gasteiger partial charge in [-0.2, -0.15) is 0 Å². The fourth-order valence-corrected chi connectivity index (χ4v) is 6.03. The Kier molecular flexibility index (Phi) is 7.27. The van der Waals surface area contributed by atoms with Gasteiger partial charge < -0.3 is 9.47 Å². The molecule has 0 bridgehead atoms. The summed E-state index contributed by atoms with van der Waals surface area (Å²) < 4.78 is 12.5. The first-order valence-electron chi connectivity index (χ1n) is 15.5. The van der Waals surface area contributed by atoms with Crippen LogP contribution in [-0.2, 0) is 38.4 Å². The van der Waals surface area contributed by atoms with Gasteiger partial charge in [0.05, 0.1) is 22.7 Å². The van der Waals surface area contributed by atoms with Crippen LogP contribution in [0.15, 0.2) is 121 Å². The largest absolute Gasteiger partial charge is 0.455 e. The Morgan fingerprint density at radius 3 is 1.25 bits per heavy atom. The molecule has 0 saturated carbocycles. The monoisotopic (exact) mass is 692 g/mol. The summed E-state index contributed by atoms with van der Waals surface area (Å²) in [5, 5.41) is 1.20. The zero-order valence-corrected chi connectivity index (χ0v) is 26.4. The van der Waals surface area contributed by atoms with Crippen molar-refractivity contribution in [1.82, 2.24) is 0 Å². The summed E-state index contributed by atoms with van der Waals surface area (Å²) in [5.74, 6) is -4.11. The summed E-state index contributed by atoms with van der Waals surface area (Å²) in [5.41, 5.74) is 0.273. The van der Waals surface area contributed by atoms with Crippen LogP contribution in [-0.4, -0.2) is 47.3 Å². The highest BCUT2D eigenvalue weighted by molar-refractivity contribution is 6.32. The highest BCUT2D eigenvalue weighted by Gasteiger charge is 2.33. The Labute approximate surface area is 292 Å². The van der Waals surface area contributed by atoms with Gasteiger partial charge in [-0.3, -0.25) is 38.4 Å². The summed E-state index contributed by atoms with van der Waals surface area (Å²) >= 11 is 0. The van der Waals surface area contributed by atoms with E-state index in [4.69, 9.17) is 9.47 Å². The second-order valence-electron chi connectivity index (χ2n) is 11.5. The number of nitrogens with zero attached hydrogens (tertiary/aromatic N) is 4. The van der Waals surface area contributed by atoms with Crippen molar-refractivity contribution >= 4 is 80.8 Å². The number of carbonyl (C=O) groups excluding carboxylic acids is 8. The van der Waals surface area contributed by atoms with E-state index in [2.05, 4.69) is 0 Å². The van der Waals surface area contributed by atoms with E-state index < -0.39 is 47.3 Å². The normalized spacial score (nSPS) is 16.7. The molecule has 4 aliphatic heterocycles. The summed E-state index contributed by atoms with van der Waals surface area (Å²) in [6, 6.07) is 18.6. The molecule has 0 saturated heterocycles. The molecule has 0 radical (unpaired) electrons. The van der Waals surface area contributed by atoms with Crippen molar-refractivity contribution in [2.75, 3.05) is 19.6 Å².